The number of benzene rings is 2. The van der Waals surface area contributed by atoms with Gasteiger partial charge >= 0.3 is 5.69 Å². The van der Waals surface area contributed by atoms with Crippen LogP contribution in [0.4, 0.5) is 0 Å². The molecule has 158 valence electrons. The van der Waals surface area contributed by atoms with Crippen LogP contribution in [0.2, 0.25) is 0 Å². The van der Waals surface area contributed by atoms with Crippen molar-refractivity contribution in [3.8, 4) is 17.2 Å². The lowest BCUT2D eigenvalue weighted by Crippen LogP contribution is -2.32. The van der Waals surface area contributed by atoms with Gasteiger partial charge in [0.2, 0.25) is 5.91 Å². The Bertz CT molecular complexity index is 1260. The monoisotopic (exact) mass is 418 g/mol. The molecule has 0 aliphatic rings. The summed E-state index contributed by atoms with van der Waals surface area (Å²) in [5, 5.41) is 2.86. The number of pyridine rings is 1. The molecule has 2 aromatic carbocycles. The van der Waals surface area contributed by atoms with Gasteiger partial charge in [-0.3, -0.25) is 9.36 Å². The van der Waals surface area contributed by atoms with Crippen LogP contribution in [0.25, 0.3) is 16.9 Å². The predicted octanol–water partition coefficient (Wildman–Crippen LogP) is 2.52. The molecule has 2 aromatic heterocycles. The van der Waals surface area contributed by atoms with Gasteiger partial charge in [0.05, 0.1) is 25.4 Å². The standard InChI is InChI=1S/C23H22N4O4/c1-30-18-9-5-16(6-10-18)14-25-21(28)15-26-20-4-3-13-24-22(20)27(23(26)29)17-7-11-19(31-2)12-8-17/h3-13H,14-15H2,1-2H3,(H,25,28). The van der Waals surface area contributed by atoms with E-state index in [4.69, 9.17) is 9.47 Å². The molecule has 0 saturated heterocycles. The third kappa shape index (κ3) is 4.13. The van der Waals surface area contributed by atoms with E-state index in [1.54, 1.807) is 56.8 Å². The van der Waals surface area contributed by atoms with E-state index >= 15 is 0 Å². The lowest BCUT2D eigenvalue weighted by molar-refractivity contribution is -0.121. The van der Waals surface area contributed by atoms with Crippen LogP contribution >= 0.6 is 0 Å². The Morgan fingerprint density at radius 3 is 2.26 bits per heavy atom. The van der Waals surface area contributed by atoms with Crippen molar-refractivity contribution in [2.45, 2.75) is 13.1 Å². The maximum atomic E-state index is 13.2. The lowest BCUT2D eigenvalue weighted by atomic mass is 10.2. The van der Waals surface area contributed by atoms with Crippen LogP contribution in [-0.2, 0) is 17.9 Å². The highest BCUT2D eigenvalue weighted by Gasteiger charge is 2.17. The summed E-state index contributed by atoms with van der Waals surface area (Å²) in [5.41, 5.74) is 2.32. The Balaban J connectivity index is 1.59. The zero-order chi connectivity index (χ0) is 21.8. The van der Waals surface area contributed by atoms with Crippen LogP contribution in [0.1, 0.15) is 5.56 Å². The fourth-order valence-corrected chi connectivity index (χ4v) is 3.35. The van der Waals surface area contributed by atoms with Gasteiger partial charge in [0.15, 0.2) is 5.65 Å². The van der Waals surface area contributed by atoms with Crippen molar-refractivity contribution in [3.63, 3.8) is 0 Å². The second-order valence-electron chi connectivity index (χ2n) is 6.87. The van der Waals surface area contributed by atoms with Gasteiger partial charge in [0, 0.05) is 12.7 Å². The van der Waals surface area contributed by atoms with Gasteiger partial charge < -0.3 is 14.8 Å². The molecule has 2 heterocycles. The summed E-state index contributed by atoms with van der Waals surface area (Å²) in [7, 11) is 3.19. The average Bonchev–Trinajstić information content (AvgIpc) is 3.09. The Hall–Kier alpha value is -4.07. The van der Waals surface area contributed by atoms with Gasteiger partial charge in [-0.05, 0) is 54.1 Å². The topological polar surface area (TPSA) is 87.4 Å². The quantitative estimate of drug-likeness (QED) is 0.498. The number of aromatic nitrogens is 3. The van der Waals surface area contributed by atoms with Crippen LogP contribution in [0.15, 0.2) is 71.7 Å². The molecule has 8 heteroatoms. The van der Waals surface area contributed by atoms with Gasteiger partial charge in [-0.25, -0.2) is 14.3 Å². The fraction of sp³-hybridized carbons (Fsp3) is 0.174. The SMILES string of the molecule is COc1ccc(CNC(=O)Cn2c(=O)n(-c3ccc(OC)cc3)c3ncccc32)cc1. The summed E-state index contributed by atoms with van der Waals surface area (Å²) in [6.07, 6.45) is 1.62. The van der Waals surface area contributed by atoms with Gasteiger partial charge in [0.1, 0.15) is 18.0 Å². The van der Waals surface area contributed by atoms with Crippen molar-refractivity contribution in [1.82, 2.24) is 19.4 Å². The number of methoxy groups -OCH3 is 2. The Kier molecular flexibility index (Phi) is 5.70. The Morgan fingerprint density at radius 1 is 0.968 bits per heavy atom. The minimum absolute atomic E-state index is 0.111. The van der Waals surface area contributed by atoms with Crippen molar-refractivity contribution in [2.24, 2.45) is 0 Å². The normalized spacial score (nSPS) is 10.8. The Labute approximate surface area is 178 Å². The average molecular weight is 418 g/mol. The number of carbonyl (C=O) groups is 1. The molecule has 0 unspecified atom stereocenters. The number of rotatable bonds is 7. The minimum Gasteiger partial charge on any atom is -0.497 e. The van der Waals surface area contributed by atoms with E-state index in [0.717, 1.165) is 11.3 Å². The molecule has 8 nitrogen and oxygen atoms in total. The number of carbonyl (C=O) groups excluding carboxylic acids is 1. The van der Waals surface area contributed by atoms with Crippen molar-refractivity contribution >= 4 is 17.1 Å². The van der Waals surface area contributed by atoms with Crippen molar-refractivity contribution in [2.75, 3.05) is 14.2 Å². The first-order valence-electron chi connectivity index (χ1n) is 9.71. The highest BCUT2D eigenvalue weighted by Crippen LogP contribution is 2.18. The molecular weight excluding hydrogens is 396 g/mol. The minimum atomic E-state index is -0.335. The van der Waals surface area contributed by atoms with Gasteiger partial charge in [-0.1, -0.05) is 12.1 Å². The molecule has 0 fully saturated rings. The van der Waals surface area contributed by atoms with Crippen molar-refractivity contribution < 1.29 is 14.3 Å². The molecule has 1 amide bonds. The number of amides is 1. The number of hydrogen-bond acceptors (Lipinski definition) is 5. The summed E-state index contributed by atoms with van der Waals surface area (Å²) in [6.45, 7) is 0.243. The number of hydrogen-bond donors (Lipinski definition) is 1. The summed E-state index contributed by atoms with van der Waals surface area (Å²) < 4.78 is 13.2. The fourth-order valence-electron chi connectivity index (χ4n) is 3.35. The van der Waals surface area contributed by atoms with E-state index in [2.05, 4.69) is 10.3 Å². The van der Waals surface area contributed by atoms with Gasteiger partial charge in [-0.15, -0.1) is 0 Å². The zero-order valence-electron chi connectivity index (χ0n) is 17.2. The molecule has 0 radical (unpaired) electrons. The lowest BCUT2D eigenvalue weighted by Gasteiger charge is -2.07. The van der Waals surface area contributed by atoms with Crippen LogP contribution in [-0.4, -0.2) is 34.2 Å². The van der Waals surface area contributed by atoms with E-state index in [-0.39, 0.29) is 18.1 Å². The van der Waals surface area contributed by atoms with Crippen molar-refractivity contribution in [1.29, 1.82) is 0 Å². The molecule has 0 bridgehead atoms. The summed E-state index contributed by atoms with van der Waals surface area (Å²) in [5.74, 6) is 1.17. The second kappa shape index (κ2) is 8.74. The molecule has 4 rings (SSSR count). The summed E-state index contributed by atoms with van der Waals surface area (Å²) in [6, 6.07) is 18.1. The molecule has 0 saturated carbocycles. The van der Waals surface area contributed by atoms with E-state index in [9.17, 15) is 9.59 Å². The van der Waals surface area contributed by atoms with Crippen LogP contribution < -0.4 is 20.5 Å². The third-order valence-electron chi connectivity index (χ3n) is 4.97. The van der Waals surface area contributed by atoms with Crippen LogP contribution in [0, 0.1) is 0 Å². The molecule has 0 atom stereocenters. The predicted molar refractivity (Wildman–Crippen MR) is 117 cm³/mol. The number of nitrogens with one attached hydrogen (secondary N) is 1. The highest BCUT2D eigenvalue weighted by atomic mass is 16.5. The first kappa shape index (κ1) is 20.2. The van der Waals surface area contributed by atoms with Gasteiger partial charge in [-0.2, -0.15) is 0 Å². The van der Waals surface area contributed by atoms with Crippen molar-refractivity contribution in [3.05, 3.63) is 82.9 Å². The smallest absolute Gasteiger partial charge is 0.335 e. The molecule has 1 N–H and O–H groups in total. The third-order valence-corrected chi connectivity index (χ3v) is 4.97. The molecule has 0 aliphatic heterocycles. The second-order valence-corrected chi connectivity index (χ2v) is 6.87. The molecule has 0 aliphatic carbocycles. The zero-order valence-corrected chi connectivity index (χ0v) is 17.2. The Morgan fingerprint density at radius 2 is 1.61 bits per heavy atom. The number of ether oxygens (including phenoxy) is 2. The maximum absolute atomic E-state index is 13.2. The van der Waals surface area contributed by atoms with Gasteiger partial charge in [0.25, 0.3) is 0 Å². The number of nitrogens with zero attached hydrogens (tertiary/aromatic N) is 3. The first-order chi connectivity index (χ1) is 15.1. The maximum Gasteiger partial charge on any atom is 0.335 e. The van der Waals surface area contributed by atoms with E-state index in [1.807, 2.05) is 24.3 Å². The summed E-state index contributed by atoms with van der Waals surface area (Å²) >= 11 is 0. The molecule has 31 heavy (non-hydrogen) atoms. The molecular formula is C23H22N4O4. The number of fused-ring (bicyclic) bond motifs is 1. The first-order valence-corrected chi connectivity index (χ1v) is 9.71. The van der Waals surface area contributed by atoms with E-state index in [1.165, 1.54) is 9.13 Å². The van der Waals surface area contributed by atoms with Crippen LogP contribution in [0.3, 0.4) is 0 Å². The molecule has 4 aromatic rings. The largest absolute Gasteiger partial charge is 0.497 e. The van der Waals surface area contributed by atoms with E-state index < -0.39 is 0 Å². The van der Waals surface area contributed by atoms with Crippen LogP contribution in [0.5, 0.6) is 11.5 Å². The number of imidazole rings is 1. The highest BCUT2D eigenvalue weighted by molar-refractivity contribution is 5.80. The molecule has 0 spiro atoms. The van der Waals surface area contributed by atoms with E-state index in [0.29, 0.717) is 29.1 Å². The summed E-state index contributed by atoms with van der Waals surface area (Å²) in [4.78, 5) is 30.1.